The number of allylic oxidation sites excluding steroid dienone is 6. The molecule has 0 aromatic heterocycles. The van der Waals surface area contributed by atoms with Gasteiger partial charge in [-0.15, -0.1) is 0 Å². The molecule has 0 aromatic rings. The van der Waals surface area contributed by atoms with Gasteiger partial charge in [0.2, 0.25) is 0 Å². The molecule has 0 aromatic carbocycles. The van der Waals surface area contributed by atoms with E-state index < -0.39 is 20.8 Å². The summed E-state index contributed by atoms with van der Waals surface area (Å²) >= 11 is -0.826. The van der Waals surface area contributed by atoms with Crippen molar-refractivity contribution < 1.29 is 20.8 Å². The Bertz CT molecular complexity index is 482. The molecule has 122 valence electrons. The molecule has 0 fully saturated rings. The van der Waals surface area contributed by atoms with Gasteiger partial charge in [0.05, 0.1) is 0 Å². The summed E-state index contributed by atoms with van der Waals surface area (Å²) in [6.45, 7) is 9.54. The van der Waals surface area contributed by atoms with Gasteiger partial charge in [-0.25, -0.2) is 0 Å². The van der Waals surface area contributed by atoms with Gasteiger partial charge in [-0.3, -0.25) is 0 Å². The van der Waals surface area contributed by atoms with Crippen LogP contribution in [-0.4, -0.2) is 0 Å². The van der Waals surface area contributed by atoms with Crippen molar-refractivity contribution in [1.29, 1.82) is 0 Å². The van der Waals surface area contributed by atoms with Crippen molar-refractivity contribution in [3.8, 4) is 0 Å². The molecule has 0 aliphatic heterocycles. The van der Waals surface area contributed by atoms with E-state index >= 15 is 0 Å². The van der Waals surface area contributed by atoms with E-state index in [1.54, 1.807) is 11.1 Å². The van der Waals surface area contributed by atoms with Crippen molar-refractivity contribution in [2.45, 2.75) is 59.8 Å². The maximum absolute atomic E-state index is 4.93. The van der Waals surface area contributed by atoms with Crippen LogP contribution in [0.1, 0.15) is 59.8 Å². The molecule has 0 spiro atoms. The Morgan fingerprint density at radius 1 is 1.18 bits per heavy atom. The second-order valence-electron chi connectivity index (χ2n) is 7.94. The fourth-order valence-electron chi connectivity index (χ4n) is 4.23. The molecule has 3 heteroatoms. The maximum atomic E-state index is 4.93. The molecule has 0 N–H and O–H groups in total. The molecule has 0 radical (unpaired) electrons. The molecular weight excluding hydrogens is 390 g/mol. The number of hydrogen-bond donors (Lipinski definition) is 0. The van der Waals surface area contributed by atoms with Crippen LogP contribution in [-0.2, 0) is 20.8 Å². The molecule has 3 atom stereocenters. The standard InChI is InChI=1S/C19H28.2ClH.Zr/c1-13-10-17(14-8-6-5-7-9-14)18-12-15(11-16(13)18)19(2,3)4;;;/h5-6,11,13-14,17H,7-10,12H2,1-4H3;2*1H;/q;;;+2/p-2. The van der Waals surface area contributed by atoms with Crippen molar-refractivity contribution >= 4 is 17.0 Å². The number of rotatable bonds is 1. The topological polar surface area (TPSA) is 0 Å². The van der Waals surface area contributed by atoms with Gasteiger partial charge in [-0.05, 0) is 60.8 Å². The molecule has 0 saturated heterocycles. The van der Waals surface area contributed by atoms with Gasteiger partial charge in [0.1, 0.15) is 0 Å². The minimum atomic E-state index is -0.826. The summed E-state index contributed by atoms with van der Waals surface area (Å²) in [6.07, 6.45) is 14.1. The van der Waals surface area contributed by atoms with E-state index in [1.165, 1.54) is 32.1 Å². The molecule has 3 aliphatic carbocycles. The summed E-state index contributed by atoms with van der Waals surface area (Å²) in [6, 6.07) is 0. The second kappa shape index (κ2) is 8.18. The monoisotopic (exact) mass is 416 g/mol. The Morgan fingerprint density at radius 2 is 1.86 bits per heavy atom. The van der Waals surface area contributed by atoms with Crippen LogP contribution in [0.2, 0.25) is 0 Å². The number of hydrogen-bond acceptors (Lipinski definition) is 0. The normalized spacial score (nSPS) is 30.6. The molecule has 0 heterocycles. The van der Waals surface area contributed by atoms with Gasteiger partial charge in [0, 0.05) is 0 Å². The molecule has 22 heavy (non-hydrogen) atoms. The fourth-order valence-corrected chi connectivity index (χ4v) is 4.23. The van der Waals surface area contributed by atoms with Gasteiger partial charge in [0.25, 0.3) is 0 Å². The van der Waals surface area contributed by atoms with Crippen LogP contribution in [0.15, 0.2) is 34.9 Å². The summed E-state index contributed by atoms with van der Waals surface area (Å²) < 4.78 is 0. The summed E-state index contributed by atoms with van der Waals surface area (Å²) in [5, 5.41) is 0. The zero-order chi connectivity index (χ0) is 16.3. The first-order valence-electron chi connectivity index (χ1n) is 8.43. The molecule has 0 nitrogen and oxygen atoms in total. The molecule has 0 bridgehead atoms. The molecule has 3 rings (SSSR count). The van der Waals surface area contributed by atoms with Crippen LogP contribution >= 0.6 is 17.0 Å². The Kier molecular flexibility index (Phi) is 7.07. The van der Waals surface area contributed by atoms with Crippen molar-refractivity contribution in [2.24, 2.45) is 23.2 Å². The van der Waals surface area contributed by atoms with Crippen LogP contribution in [0.25, 0.3) is 0 Å². The van der Waals surface area contributed by atoms with Crippen LogP contribution in [0, 0.1) is 23.2 Å². The van der Waals surface area contributed by atoms with Crippen molar-refractivity contribution in [1.82, 2.24) is 0 Å². The SMILES string of the molecule is CC1CC(C2CC=CCC2)C2=C1C=C(C(C)(C)C)C2.[Cl][Zr][Cl]. The van der Waals surface area contributed by atoms with Crippen LogP contribution in [0.3, 0.4) is 0 Å². The molecular formula is C19H28Cl2Zr. The van der Waals surface area contributed by atoms with Crippen molar-refractivity contribution in [2.75, 3.05) is 0 Å². The van der Waals surface area contributed by atoms with Crippen molar-refractivity contribution in [3.63, 3.8) is 0 Å². The van der Waals surface area contributed by atoms with E-state index in [9.17, 15) is 0 Å². The average molecular weight is 419 g/mol. The zero-order valence-electron chi connectivity index (χ0n) is 14.3. The van der Waals surface area contributed by atoms with E-state index in [4.69, 9.17) is 17.0 Å². The average Bonchev–Trinajstić information content (AvgIpc) is 3.02. The van der Waals surface area contributed by atoms with E-state index in [0.717, 1.165) is 17.8 Å². The molecule has 0 amide bonds. The van der Waals surface area contributed by atoms with E-state index in [2.05, 4.69) is 45.9 Å². The van der Waals surface area contributed by atoms with Crippen LogP contribution in [0.4, 0.5) is 0 Å². The first-order valence-corrected chi connectivity index (χ1v) is 14.8. The third-order valence-electron chi connectivity index (χ3n) is 5.51. The minimum absolute atomic E-state index is 0.348. The fraction of sp³-hybridized carbons (Fsp3) is 0.684. The predicted molar refractivity (Wildman–Crippen MR) is 94.6 cm³/mol. The van der Waals surface area contributed by atoms with Gasteiger partial charge >= 0.3 is 37.9 Å². The molecule has 3 aliphatic rings. The third kappa shape index (κ3) is 4.40. The first-order chi connectivity index (χ1) is 10.4. The van der Waals surface area contributed by atoms with Gasteiger partial charge in [0.15, 0.2) is 0 Å². The Morgan fingerprint density at radius 3 is 2.41 bits per heavy atom. The summed E-state index contributed by atoms with van der Waals surface area (Å²) in [7, 11) is 9.87. The Labute approximate surface area is 155 Å². The van der Waals surface area contributed by atoms with Gasteiger partial charge in [-0.2, -0.15) is 0 Å². The zero-order valence-corrected chi connectivity index (χ0v) is 18.2. The summed E-state index contributed by atoms with van der Waals surface area (Å²) in [5.74, 6) is 2.60. The number of halogens is 2. The van der Waals surface area contributed by atoms with Gasteiger partial charge in [-0.1, -0.05) is 57.1 Å². The van der Waals surface area contributed by atoms with E-state index in [1.807, 2.05) is 5.57 Å². The van der Waals surface area contributed by atoms with Crippen LogP contribution in [0.5, 0.6) is 0 Å². The quantitative estimate of drug-likeness (QED) is 0.400. The third-order valence-corrected chi connectivity index (χ3v) is 5.51. The van der Waals surface area contributed by atoms with Crippen LogP contribution < -0.4 is 0 Å². The van der Waals surface area contributed by atoms with E-state index in [-0.39, 0.29) is 0 Å². The summed E-state index contributed by atoms with van der Waals surface area (Å²) in [5.41, 5.74) is 5.55. The van der Waals surface area contributed by atoms with Crippen molar-refractivity contribution in [3.05, 3.63) is 34.9 Å². The Hall–Kier alpha value is 0.683. The van der Waals surface area contributed by atoms with E-state index in [0.29, 0.717) is 5.41 Å². The Balaban J connectivity index is 0.000000545. The van der Waals surface area contributed by atoms with Gasteiger partial charge < -0.3 is 0 Å². The molecule has 3 unspecified atom stereocenters. The summed E-state index contributed by atoms with van der Waals surface area (Å²) in [4.78, 5) is 0. The first kappa shape index (κ1) is 19.0. The molecule has 0 saturated carbocycles. The predicted octanol–water partition coefficient (Wildman–Crippen LogP) is 7.05. The second-order valence-corrected chi connectivity index (χ2v) is 11.7.